The maximum atomic E-state index is 5.11. The summed E-state index contributed by atoms with van der Waals surface area (Å²) in [6, 6.07) is 0. The van der Waals surface area contributed by atoms with E-state index < -0.39 is 0 Å². The van der Waals surface area contributed by atoms with Gasteiger partial charge in [-0.2, -0.15) is 0 Å². The van der Waals surface area contributed by atoms with E-state index in [-0.39, 0.29) is 40.0 Å². The van der Waals surface area contributed by atoms with Crippen molar-refractivity contribution in [3.05, 3.63) is 0 Å². The van der Waals surface area contributed by atoms with Crippen LogP contribution in [-0.4, -0.2) is 10.5 Å². The van der Waals surface area contributed by atoms with Crippen molar-refractivity contribution in [2.75, 3.05) is 0 Å². The topological polar surface area (TPSA) is 9.23 Å². The molecule has 4 heteroatoms. The third kappa shape index (κ3) is 11.1. The second kappa shape index (κ2) is 7.74. The molecule has 0 N–H and O–H groups in total. The second-order valence-corrected chi connectivity index (χ2v) is 3.81. The Kier molecular flexibility index (Phi) is 10.3. The molecule has 0 fully saturated rings. The average Bonchev–Trinajstić information content (AvgIpc) is 1.58. The number of hydrogen-bond acceptors (Lipinski definition) is 3. The molecular formula is C7H13NaOS2. The summed E-state index contributed by atoms with van der Waals surface area (Å²) in [7, 11) is 0. The minimum atomic E-state index is 0. The number of rotatable bonds is 3. The van der Waals surface area contributed by atoms with Gasteiger partial charge in [-0.05, 0) is 19.3 Å². The Bertz CT molecular complexity index is 117. The summed E-state index contributed by atoms with van der Waals surface area (Å²) in [4.78, 5) is 0. The molecule has 0 spiro atoms. The molecule has 0 aliphatic rings. The molecule has 1 unspecified atom stereocenters. The van der Waals surface area contributed by atoms with E-state index in [9.17, 15) is 0 Å². The van der Waals surface area contributed by atoms with Gasteiger partial charge in [0.05, 0.1) is 6.10 Å². The van der Waals surface area contributed by atoms with Gasteiger partial charge in [0, 0.05) is 4.38 Å². The first-order valence-electron chi connectivity index (χ1n) is 3.40. The first kappa shape index (κ1) is 14.6. The van der Waals surface area contributed by atoms with Gasteiger partial charge in [0.25, 0.3) is 0 Å². The third-order valence-electron chi connectivity index (χ3n) is 1.10. The minimum Gasteiger partial charge on any atom is -0.511 e. The van der Waals surface area contributed by atoms with E-state index >= 15 is 0 Å². The zero-order chi connectivity index (χ0) is 8.15. The summed E-state index contributed by atoms with van der Waals surface area (Å²) in [5.41, 5.74) is 0. The largest absolute Gasteiger partial charge is 1.00 e. The summed E-state index contributed by atoms with van der Waals surface area (Å²) in [5.74, 6) is 0.638. The van der Waals surface area contributed by atoms with Crippen LogP contribution in [0.15, 0.2) is 0 Å². The van der Waals surface area contributed by atoms with Crippen LogP contribution >= 0.6 is 12.2 Å². The van der Waals surface area contributed by atoms with Crippen molar-refractivity contribution in [3.8, 4) is 0 Å². The van der Waals surface area contributed by atoms with Gasteiger partial charge < -0.3 is 29.6 Å². The van der Waals surface area contributed by atoms with E-state index in [4.69, 9.17) is 4.74 Å². The summed E-state index contributed by atoms with van der Waals surface area (Å²) in [6.45, 7) is 6.27. The van der Waals surface area contributed by atoms with E-state index in [1.165, 1.54) is 0 Å². The van der Waals surface area contributed by atoms with Crippen LogP contribution in [0.2, 0.25) is 0 Å². The van der Waals surface area contributed by atoms with Crippen LogP contribution in [0, 0.1) is 5.92 Å². The molecule has 0 saturated carbocycles. The van der Waals surface area contributed by atoms with Crippen LogP contribution < -0.4 is 29.6 Å². The molecule has 0 aromatic rings. The molecule has 0 aromatic carbocycles. The van der Waals surface area contributed by atoms with Crippen LogP contribution in [-0.2, 0) is 17.4 Å². The normalized spacial score (nSPS) is 12.0. The molecule has 1 nitrogen and oxygen atoms in total. The van der Waals surface area contributed by atoms with Gasteiger partial charge in [-0.25, -0.2) is 0 Å². The van der Waals surface area contributed by atoms with Crippen molar-refractivity contribution in [1.29, 1.82) is 0 Å². The number of hydrogen-bond donors (Lipinski definition) is 0. The fraction of sp³-hybridized carbons (Fsp3) is 0.857. The predicted molar refractivity (Wildman–Crippen MR) is 50.0 cm³/mol. The van der Waals surface area contributed by atoms with Crippen molar-refractivity contribution < 1.29 is 34.3 Å². The zero-order valence-electron chi connectivity index (χ0n) is 7.59. The van der Waals surface area contributed by atoms with Crippen molar-refractivity contribution in [2.24, 2.45) is 5.92 Å². The number of ether oxygens (including phenoxy) is 1. The Morgan fingerprint density at radius 1 is 1.45 bits per heavy atom. The predicted octanol–water partition coefficient (Wildman–Crippen LogP) is -0.727. The first-order valence-corrected chi connectivity index (χ1v) is 4.21. The maximum absolute atomic E-state index is 5.11. The smallest absolute Gasteiger partial charge is 0.511 e. The first-order chi connectivity index (χ1) is 4.52. The molecule has 60 valence electrons. The van der Waals surface area contributed by atoms with E-state index in [2.05, 4.69) is 38.7 Å². The SMILES string of the molecule is CC(C)CC(C)OC(=S)[S-].[Na+]. The van der Waals surface area contributed by atoms with Crippen LogP contribution in [0.5, 0.6) is 0 Å². The Morgan fingerprint density at radius 3 is 2.18 bits per heavy atom. The quantitative estimate of drug-likeness (QED) is 0.338. The summed E-state index contributed by atoms with van der Waals surface area (Å²) in [6.07, 6.45) is 1.18. The molecule has 0 saturated heterocycles. The standard InChI is InChI=1S/C7H14OS2.Na/c1-5(2)4-6(3)8-7(9)10;/h5-6H,4H2,1-3H3,(H,9,10);/q;+1/p-1. The van der Waals surface area contributed by atoms with E-state index in [1.807, 2.05) is 6.92 Å². The second-order valence-electron chi connectivity index (χ2n) is 2.81. The molecule has 0 heterocycles. The third-order valence-corrected chi connectivity index (χ3v) is 1.29. The van der Waals surface area contributed by atoms with Crippen molar-refractivity contribution in [2.45, 2.75) is 33.3 Å². The van der Waals surface area contributed by atoms with Crippen LogP contribution in [0.3, 0.4) is 0 Å². The van der Waals surface area contributed by atoms with Crippen LogP contribution in [0.1, 0.15) is 27.2 Å². The van der Waals surface area contributed by atoms with E-state index in [1.54, 1.807) is 0 Å². The molecular weight excluding hydrogens is 187 g/mol. The molecule has 0 aromatic heterocycles. The van der Waals surface area contributed by atoms with Gasteiger partial charge >= 0.3 is 29.6 Å². The maximum Gasteiger partial charge on any atom is 1.00 e. The molecule has 0 amide bonds. The van der Waals surface area contributed by atoms with Crippen LogP contribution in [0.4, 0.5) is 0 Å². The molecule has 0 aliphatic heterocycles. The molecule has 0 rings (SSSR count). The van der Waals surface area contributed by atoms with Crippen LogP contribution in [0.25, 0.3) is 0 Å². The monoisotopic (exact) mass is 200 g/mol. The van der Waals surface area contributed by atoms with Gasteiger partial charge in [-0.3, -0.25) is 0 Å². The van der Waals surface area contributed by atoms with Crippen molar-refractivity contribution in [1.82, 2.24) is 0 Å². The molecule has 0 aliphatic carbocycles. The summed E-state index contributed by atoms with van der Waals surface area (Å²) >= 11 is 9.23. The van der Waals surface area contributed by atoms with Gasteiger partial charge in [-0.1, -0.05) is 13.8 Å². The van der Waals surface area contributed by atoms with Crippen molar-refractivity contribution in [3.63, 3.8) is 0 Å². The average molecular weight is 200 g/mol. The Hall–Kier alpha value is 1.11. The fourth-order valence-corrected chi connectivity index (χ4v) is 1.20. The fourth-order valence-electron chi connectivity index (χ4n) is 0.876. The Balaban J connectivity index is 0. The van der Waals surface area contributed by atoms with Gasteiger partial charge in [-0.15, -0.1) is 0 Å². The van der Waals surface area contributed by atoms with Gasteiger partial charge in [0.15, 0.2) is 0 Å². The Labute approximate surface area is 102 Å². The Morgan fingerprint density at radius 2 is 1.91 bits per heavy atom. The molecule has 11 heavy (non-hydrogen) atoms. The molecule has 0 bridgehead atoms. The number of thiocarbonyl (C=S) groups is 1. The van der Waals surface area contributed by atoms with Crippen molar-refractivity contribution >= 4 is 29.2 Å². The van der Waals surface area contributed by atoms with Gasteiger partial charge in [0.1, 0.15) is 0 Å². The molecule has 0 radical (unpaired) electrons. The minimum absolute atomic E-state index is 0. The molecule has 1 atom stereocenters. The zero-order valence-corrected chi connectivity index (χ0v) is 11.2. The van der Waals surface area contributed by atoms with E-state index in [0.29, 0.717) is 5.92 Å². The van der Waals surface area contributed by atoms with E-state index in [0.717, 1.165) is 6.42 Å². The summed E-state index contributed by atoms with van der Waals surface area (Å²) in [5, 5.41) is 0. The van der Waals surface area contributed by atoms with Gasteiger partial charge in [0.2, 0.25) is 0 Å². The summed E-state index contributed by atoms with van der Waals surface area (Å²) < 4.78 is 5.34.